The van der Waals surface area contributed by atoms with Gasteiger partial charge in [0.15, 0.2) is 0 Å². The third-order valence-corrected chi connectivity index (χ3v) is 7.78. The summed E-state index contributed by atoms with van der Waals surface area (Å²) in [6.45, 7) is 4.80. The second-order valence-corrected chi connectivity index (χ2v) is 10.3. The molecule has 0 radical (unpaired) electrons. The highest BCUT2D eigenvalue weighted by molar-refractivity contribution is 7.89. The minimum Gasteiger partial charge on any atom is -0.491 e. The van der Waals surface area contributed by atoms with Gasteiger partial charge in [-0.2, -0.15) is 9.57 Å². The van der Waals surface area contributed by atoms with Crippen molar-refractivity contribution in [1.29, 1.82) is 5.26 Å². The summed E-state index contributed by atoms with van der Waals surface area (Å²) in [5.74, 6) is 0.783. The fraction of sp³-hybridized carbons (Fsp3) is 0.375. The van der Waals surface area contributed by atoms with Crippen molar-refractivity contribution in [3.63, 3.8) is 0 Å². The van der Waals surface area contributed by atoms with Crippen LogP contribution in [-0.4, -0.2) is 47.8 Å². The molecule has 1 aliphatic heterocycles. The van der Waals surface area contributed by atoms with E-state index in [9.17, 15) is 13.2 Å². The zero-order valence-electron chi connectivity index (χ0n) is 18.6. The van der Waals surface area contributed by atoms with Crippen LogP contribution in [0.2, 0.25) is 0 Å². The van der Waals surface area contributed by atoms with Gasteiger partial charge in [0.05, 0.1) is 17.5 Å². The molecule has 0 saturated carbocycles. The zero-order chi connectivity index (χ0) is 23.6. The summed E-state index contributed by atoms with van der Waals surface area (Å²) in [6.07, 6.45) is 4.05. The van der Waals surface area contributed by atoms with Crippen molar-refractivity contribution in [3.8, 4) is 11.8 Å². The van der Waals surface area contributed by atoms with Crippen LogP contribution in [0.15, 0.2) is 47.5 Å². The number of ether oxygens (including phenoxy) is 1. The van der Waals surface area contributed by atoms with Crippen molar-refractivity contribution < 1.29 is 17.9 Å². The molecule has 3 aromatic rings. The smallest absolute Gasteiger partial charge is 0.243 e. The number of carbonyl (C=O) groups excluding carboxylic acids is 1. The first kappa shape index (κ1) is 23.0. The van der Waals surface area contributed by atoms with Crippen molar-refractivity contribution in [2.75, 3.05) is 13.1 Å². The van der Waals surface area contributed by atoms with E-state index in [0.717, 1.165) is 17.2 Å². The van der Waals surface area contributed by atoms with E-state index in [1.54, 1.807) is 34.9 Å². The molecular weight excluding hydrogens is 440 g/mol. The molecule has 172 valence electrons. The van der Waals surface area contributed by atoms with Crippen LogP contribution in [0, 0.1) is 11.3 Å². The van der Waals surface area contributed by atoms with Crippen molar-refractivity contribution in [3.05, 3.63) is 53.9 Å². The predicted molar refractivity (Wildman–Crippen MR) is 123 cm³/mol. The number of aromatic nitrogens is 2. The predicted octanol–water partition coefficient (Wildman–Crippen LogP) is 3.46. The molecule has 0 bridgehead atoms. The molecule has 33 heavy (non-hydrogen) atoms. The Balaban J connectivity index is 1.52. The highest BCUT2D eigenvalue weighted by atomic mass is 32.2. The summed E-state index contributed by atoms with van der Waals surface area (Å²) in [4.78, 5) is 15.8. The molecule has 0 spiro atoms. The number of carbonyl (C=O) groups is 1. The minimum absolute atomic E-state index is 0.0191. The summed E-state index contributed by atoms with van der Waals surface area (Å²) < 4.78 is 35.2. The van der Waals surface area contributed by atoms with E-state index in [1.165, 1.54) is 4.31 Å². The van der Waals surface area contributed by atoms with Crippen LogP contribution in [0.1, 0.15) is 43.9 Å². The van der Waals surface area contributed by atoms with Gasteiger partial charge < -0.3 is 14.1 Å². The fourth-order valence-corrected chi connectivity index (χ4v) is 5.79. The maximum absolute atomic E-state index is 13.1. The standard InChI is InChI=1S/C24H26N4O4S/c1-17(2)32-20-4-6-21(7-5-20)33(30,31)28-11-9-18(10-12-28)23-16-27(13-14-29)24-22(23)8-3-19(15-25)26-24/h3-8,14,16-18H,9-13H2,1-2H3. The summed E-state index contributed by atoms with van der Waals surface area (Å²) in [6, 6.07) is 12.1. The first-order chi connectivity index (χ1) is 15.8. The lowest BCUT2D eigenvalue weighted by Crippen LogP contribution is -2.37. The van der Waals surface area contributed by atoms with Crippen molar-refractivity contribution >= 4 is 27.3 Å². The Labute approximate surface area is 193 Å². The summed E-state index contributed by atoms with van der Waals surface area (Å²) in [7, 11) is -3.59. The molecule has 0 atom stereocenters. The molecule has 0 amide bonds. The molecule has 8 nitrogen and oxygen atoms in total. The molecule has 0 N–H and O–H groups in total. The molecule has 2 aromatic heterocycles. The molecule has 1 fully saturated rings. The number of piperidine rings is 1. The highest BCUT2D eigenvalue weighted by Gasteiger charge is 2.31. The number of rotatable bonds is 7. The summed E-state index contributed by atoms with van der Waals surface area (Å²) in [5.41, 5.74) is 1.94. The van der Waals surface area contributed by atoms with Gasteiger partial charge in [-0.05, 0) is 74.6 Å². The number of sulfonamides is 1. The molecule has 0 aliphatic carbocycles. The number of nitriles is 1. The van der Waals surface area contributed by atoms with Crippen molar-refractivity contribution in [1.82, 2.24) is 13.9 Å². The molecule has 1 aromatic carbocycles. The van der Waals surface area contributed by atoms with Gasteiger partial charge in [0.2, 0.25) is 10.0 Å². The summed E-state index contributed by atoms with van der Waals surface area (Å²) in [5, 5.41) is 10.1. The fourth-order valence-electron chi connectivity index (χ4n) is 4.32. The largest absolute Gasteiger partial charge is 0.491 e. The van der Waals surface area contributed by atoms with E-state index in [0.29, 0.717) is 43.0 Å². The molecule has 1 aliphatic rings. The lowest BCUT2D eigenvalue weighted by Gasteiger charge is -2.31. The van der Waals surface area contributed by atoms with Gasteiger partial charge in [-0.1, -0.05) is 0 Å². The average Bonchev–Trinajstić information content (AvgIpc) is 3.17. The highest BCUT2D eigenvalue weighted by Crippen LogP contribution is 2.35. The minimum atomic E-state index is -3.59. The molecule has 9 heteroatoms. The number of benzene rings is 1. The Hall–Kier alpha value is -3.22. The number of hydrogen-bond acceptors (Lipinski definition) is 6. The van der Waals surface area contributed by atoms with Gasteiger partial charge in [0.25, 0.3) is 0 Å². The first-order valence-electron chi connectivity index (χ1n) is 10.9. The van der Waals surface area contributed by atoms with Crippen LogP contribution in [0.3, 0.4) is 0 Å². The van der Waals surface area contributed by atoms with Gasteiger partial charge >= 0.3 is 0 Å². The normalized spacial score (nSPS) is 15.6. The van der Waals surface area contributed by atoms with Gasteiger partial charge in [0.1, 0.15) is 29.4 Å². The number of pyridine rings is 1. The van der Waals surface area contributed by atoms with Gasteiger partial charge in [-0.3, -0.25) is 0 Å². The van der Waals surface area contributed by atoms with Crippen molar-refractivity contribution in [2.45, 2.75) is 50.2 Å². The summed E-state index contributed by atoms with van der Waals surface area (Å²) >= 11 is 0. The number of nitrogens with zero attached hydrogens (tertiary/aromatic N) is 4. The second-order valence-electron chi connectivity index (χ2n) is 8.40. The molecule has 4 rings (SSSR count). The Morgan fingerprint density at radius 1 is 1.18 bits per heavy atom. The van der Waals surface area contributed by atoms with Crippen LogP contribution in [0.25, 0.3) is 11.0 Å². The Bertz CT molecular complexity index is 1300. The SMILES string of the molecule is CC(C)Oc1ccc(S(=O)(=O)N2CCC(c3cn(CC=O)c4nc(C#N)ccc34)CC2)cc1. The Morgan fingerprint density at radius 3 is 2.48 bits per heavy atom. The third kappa shape index (κ3) is 4.63. The van der Waals surface area contributed by atoms with Gasteiger partial charge in [0, 0.05) is 24.7 Å². The van der Waals surface area contributed by atoms with Crippen molar-refractivity contribution in [2.24, 2.45) is 0 Å². The average molecular weight is 467 g/mol. The first-order valence-corrected chi connectivity index (χ1v) is 12.4. The van der Waals surface area contributed by atoms with Crippen LogP contribution in [0.5, 0.6) is 5.75 Å². The molecule has 1 saturated heterocycles. The lowest BCUT2D eigenvalue weighted by atomic mass is 9.90. The van der Waals surface area contributed by atoms with E-state index in [-0.39, 0.29) is 23.5 Å². The van der Waals surface area contributed by atoms with E-state index in [4.69, 9.17) is 10.00 Å². The van der Waals surface area contributed by atoms with Gasteiger partial charge in [-0.25, -0.2) is 13.4 Å². The Kier molecular flexibility index (Phi) is 6.49. The maximum atomic E-state index is 13.1. The number of aldehydes is 1. The quantitative estimate of drug-likeness (QED) is 0.494. The lowest BCUT2D eigenvalue weighted by molar-refractivity contribution is -0.108. The number of hydrogen-bond donors (Lipinski definition) is 0. The van der Waals surface area contributed by atoms with E-state index in [1.807, 2.05) is 32.2 Å². The van der Waals surface area contributed by atoms with Gasteiger partial charge in [-0.15, -0.1) is 0 Å². The zero-order valence-corrected chi connectivity index (χ0v) is 19.5. The molecule has 3 heterocycles. The van der Waals surface area contributed by atoms with E-state index >= 15 is 0 Å². The molecule has 0 unspecified atom stereocenters. The maximum Gasteiger partial charge on any atom is 0.243 e. The topological polar surface area (TPSA) is 105 Å². The second kappa shape index (κ2) is 9.33. The van der Waals surface area contributed by atoms with E-state index in [2.05, 4.69) is 4.98 Å². The molecular formula is C24H26N4O4S. The van der Waals surface area contributed by atoms with Crippen LogP contribution < -0.4 is 4.74 Å². The van der Waals surface area contributed by atoms with E-state index < -0.39 is 10.0 Å². The van der Waals surface area contributed by atoms with Crippen LogP contribution in [-0.2, 0) is 21.4 Å². The van der Waals surface area contributed by atoms with Crippen LogP contribution in [0.4, 0.5) is 0 Å². The van der Waals surface area contributed by atoms with Crippen LogP contribution >= 0.6 is 0 Å². The third-order valence-electron chi connectivity index (χ3n) is 5.87. The number of fused-ring (bicyclic) bond motifs is 1. The Morgan fingerprint density at radius 2 is 1.88 bits per heavy atom. The monoisotopic (exact) mass is 466 g/mol.